The quantitative estimate of drug-likeness (QED) is 0.553. The number of ether oxygens (including phenoxy) is 3. The van der Waals surface area contributed by atoms with Crippen molar-refractivity contribution in [3.63, 3.8) is 0 Å². The van der Waals surface area contributed by atoms with Gasteiger partial charge in [0.05, 0.1) is 32.4 Å². The van der Waals surface area contributed by atoms with Gasteiger partial charge in [0, 0.05) is 50.2 Å². The number of anilines is 1. The van der Waals surface area contributed by atoms with Crippen molar-refractivity contribution in [3.05, 3.63) is 59.4 Å². The van der Waals surface area contributed by atoms with Crippen molar-refractivity contribution >= 4 is 17.8 Å². The molecular formula is C25H31N5O5. The van der Waals surface area contributed by atoms with Crippen LogP contribution in [-0.4, -0.2) is 75.4 Å². The van der Waals surface area contributed by atoms with E-state index in [1.54, 1.807) is 38.4 Å². The van der Waals surface area contributed by atoms with Crippen LogP contribution in [0.3, 0.4) is 0 Å². The molecule has 2 aliphatic heterocycles. The average Bonchev–Trinajstić information content (AvgIpc) is 2.88. The molecule has 1 unspecified atom stereocenters. The molecule has 0 aliphatic carbocycles. The Kier molecular flexibility index (Phi) is 7.71. The summed E-state index contributed by atoms with van der Waals surface area (Å²) >= 11 is 0. The molecule has 1 aromatic heterocycles. The number of para-hydroxylation sites is 1. The lowest BCUT2D eigenvalue weighted by Gasteiger charge is -2.37. The molecule has 2 aromatic rings. The first kappa shape index (κ1) is 24.3. The van der Waals surface area contributed by atoms with Crippen molar-refractivity contribution in [2.45, 2.75) is 13.0 Å². The zero-order chi connectivity index (χ0) is 24.8. The van der Waals surface area contributed by atoms with Crippen LogP contribution in [0.4, 0.5) is 10.6 Å². The number of esters is 1. The van der Waals surface area contributed by atoms with E-state index >= 15 is 0 Å². The fourth-order valence-electron chi connectivity index (χ4n) is 4.46. The Morgan fingerprint density at radius 3 is 2.54 bits per heavy atom. The SMILES string of the molecule is CCOC(=O)C1=C(CN2CCN(c3ccccn3)CC2)NC(=O)NC1c1cccc(OC)c1OC. The van der Waals surface area contributed by atoms with Gasteiger partial charge < -0.3 is 29.7 Å². The van der Waals surface area contributed by atoms with Crippen LogP contribution in [0.2, 0.25) is 0 Å². The fourth-order valence-corrected chi connectivity index (χ4v) is 4.46. The number of benzene rings is 1. The van der Waals surface area contributed by atoms with Gasteiger partial charge in [-0.05, 0) is 25.1 Å². The van der Waals surface area contributed by atoms with E-state index in [-0.39, 0.29) is 6.61 Å². The molecule has 1 atom stereocenters. The number of hydrogen-bond donors (Lipinski definition) is 2. The molecule has 4 rings (SSSR count). The van der Waals surface area contributed by atoms with E-state index in [9.17, 15) is 9.59 Å². The lowest BCUT2D eigenvalue weighted by Crippen LogP contribution is -2.52. The highest BCUT2D eigenvalue weighted by Crippen LogP contribution is 2.39. The molecule has 1 aromatic carbocycles. The van der Waals surface area contributed by atoms with Crippen LogP contribution in [0, 0.1) is 0 Å². The van der Waals surface area contributed by atoms with E-state index in [2.05, 4.69) is 25.4 Å². The van der Waals surface area contributed by atoms with Gasteiger partial charge in [0.25, 0.3) is 0 Å². The molecule has 35 heavy (non-hydrogen) atoms. The Balaban J connectivity index is 1.63. The molecule has 0 spiro atoms. The van der Waals surface area contributed by atoms with Gasteiger partial charge in [-0.15, -0.1) is 0 Å². The molecule has 3 heterocycles. The largest absolute Gasteiger partial charge is 0.493 e. The first-order chi connectivity index (χ1) is 17.0. The summed E-state index contributed by atoms with van der Waals surface area (Å²) in [6.07, 6.45) is 1.79. The number of carbonyl (C=O) groups is 2. The number of pyridine rings is 1. The summed E-state index contributed by atoms with van der Waals surface area (Å²) in [5, 5.41) is 5.72. The molecule has 2 aliphatic rings. The number of amides is 2. The van der Waals surface area contributed by atoms with Crippen molar-refractivity contribution in [2.24, 2.45) is 0 Å². The summed E-state index contributed by atoms with van der Waals surface area (Å²) in [6, 6.07) is 10.1. The zero-order valence-electron chi connectivity index (χ0n) is 20.2. The maximum Gasteiger partial charge on any atom is 0.338 e. The molecule has 0 bridgehead atoms. The number of nitrogens with one attached hydrogen (secondary N) is 2. The third-order valence-electron chi connectivity index (χ3n) is 6.12. The van der Waals surface area contributed by atoms with Crippen LogP contribution >= 0.6 is 0 Å². The number of methoxy groups -OCH3 is 2. The fraction of sp³-hybridized carbons (Fsp3) is 0.400. The van der Waals surface area contributed by atoms with Gasteiger partial charge in [-0.1, -0.05) is 18.2 Å². The lowest BCUT2D eigenvalue weighted by atomic mass is 9.93. The van der Waals surface area contributed by atoms with Crippen LogP contribution in [0.15, 0.2) is 53.9 Å². The van der Waals surface area contributed by atoms with E-state index in [1.807, 2.05) is 18.2 Å². The second kappa shape index (κ2) is 11.1. The van der Waals surface area contributed by atoms with Gasteiger partial charge in [-0.25, -0.2) is 14.6 Å². The monoisotopic (exact) mass is 481 g/mol. The van der Waals surface area contributed by atoms with Crippen molar-refractivity contribution in [3.8, 4) is 11.5 Å². The number of urea groups is 1. The molecule has 0 radical (unpaired) electrons. The van der Waals surface area contributed by atoms with E-state index in [1.165, 1.54) is 7.11 Å². The molecular weight excluding hydrogens is 450 g/mol. The number of nitrogens with zero attached hydrogens (tertiary/aromatic N) is 3. The summed E-state index contributed by atoms with van der Waals surface area (Å²) in [4.78, 5) is 34.7. The minimum absolute atomic E-state index is 0.217. The summed E-state index contributed by atoms with van der Waals surface area (Å²) in [5.41, 5.74) is 1.49. The van der Waals surface area contributed by atoms with E-state index in [0.29, 0.717) is 34.9 Å². The molecule has 2 N–H and O–H groups in total. The Hall–Kier alpha value is -3.79. The molecule has 2 amide bonds. The van der Waals surface area contributed by atoms with E-state index in [4.69, 9.17) is 14.2 Å². The van der Waals surface area contributed by atoms with Crippen molar-refractivity contribution < 1.29 is 23.8 Å². The Bertz CT molecular complexity index is 1080. The predicted molar refractivity (Wildman–Crippen MR) is 131 cm³/mol. The minimum atomic E-state index is -0.752. The minimum Gasteiger partial charge on any atom is -0.493 e. The molecule has 1 saturated heterocycles. The first-order valence-electron chi connectivity index (χ1n) is 11.6. The van der Waals surface area contributed by atoms with Crippen molar-refractivity contribution in [2.75, 3.05) is 58.5 Å². The Labute approximate surface area is 204 Å². The van der Waals surface area contributed by atoms with Gasteiger partial charge >= 0.3 is 12.0 Å². The number of hydrogen-bond acceptors (Lipinski definition) is 8. The Morgan fingerprint density at radius 2 is 1.89 bits per heavy atom. The molecule has 0 saturated carbocycles. The zero-order valence-corrected chi connectivity index (χ0v) is 20.2. The third-order valence-corrected chi connectivity index (χ3v) is 6.12. The highest BCUT2D eigenvalue weighted by molar-refractivity contribution is 5.95. The van der Waals surface area contributed by atoms with Crippen LogP contribution in [0.25, 0.3) is 0 Å². The second-order valence-electron chi connectivity index (χ2n) is 8.18. The highest BCUT2D eigenvalue weighted by Gasteiger charge is 2.36. The number of aromatic nitrogens is 1. The summed E-state index contributed by atoms with van der Waals surface area (Å²) < 4.78 is 16.4. The van der Waals surface area contributed by atoms with Crippen LogP contribution < -0.4 is 25.0 Å². The van der Waals surface area contributed by atoms with E-state index < -0.39 is 18.0 Å². The standard InChI is InChI=1S/C25H31N5O5/c1-4-35-24(31)21-18(16-29-12-14-30(15-13-29)20-10-5-6-11-26-20)27-25(32)28-22(21)17-8-7-9-19(33-2)23(17)34-3/h5-11,22H,4,12-16H2,1-3H3,(H2,27,28,32). The van der Waals surface area contributed by atoms with Gasteiger partial charge in [-0.2, -0.15) is 0 Å². The maximum atomic E-state index is 13.2. The average molecular weight is 482 g/mol. The summed E-state index contributed by atoms with van der Waals surface area (Å²) in [7, 11) is 3.07. The van der Waals surface area contributed by atoms with E-state index in [0.717, 1.165) is 32.0 Å². The highest BCUT2D eigenvalue weighted by atomic mass is 16.5. The molecule has 186 valence electrons. The molecule has 10 nitrogen and oxygen atoms in total. The van der Waals surface area contributed by atoms with Gasteiger partial charge in [-0.3, -0.25) is 4.90 Å². The second-order valence-corrected chi connectivity index (χ2v) is 8.18. The molecule has 10 heteroatoms. The topological polar surface area (TPSA) is 105 Å². The number of carbonyl (C=O) groups excluding carboxylic acids is 2. The van der Waals surface area contributed by atoms with Gasteiger partial charge in [0.1, 0.15) is 5.82 Å². The lowest BCUT2D eigenvalue weighted by molar-refractivity contribution is -0.139. The van der Waals surface area contributed by atoms with Crippen LogP contribution in [0.1, 0.15) is 18.5 Å². The first-order valence-corrected chi connectivity index (χ1v) is 11.6. The van der Waals surface area contributed by atoms with Crippen molar-refractivity contribution in [1.29, 1.82) is 0 Å². The van der Waals surface area contributed by atoms with Gasteiger partial charge in [0.15, 0.2) is 11.5 Å². The Morgan fingerprint density at radius 1 is 1.09 bits per heavy atom. The normalized spacial score (nSPS) is 18.5. The number of piperazine rings is 1. The molecule has 1 fully saturated rings. The summed E-state index contributed by atoms with van der Waals surface area (Å²) in [5.74, 6) is 1.41. The maximum absolute atomic E-state index is 13.2. The summed E-state index contributed by atoms with van der Waals surface area (Å²) in [6.45, 7) is 5.47. The third kappa shape index (κ3) is 5.32. The van der Waals surface area contributed by atoms with Gasteiger partial charge in [0.2, 0.25) is 0 Å². The predicted octanol–water partition coefficient (Wildman–Crippen LogP) is 2.09. The smallest absolute Gasteiger partial charge is 0.338 e. The van der Waals surface area contributed by atoms with Crippen molar-refractivity contribution in [1.82, 2.24) is 20.5 Å². The number of rotatable bonds is 8. The van der Waals surface area contributed by atoms with Crippen LogP contribution in [-0.2, 0) is 9.53 Å². The van der Waals surface area contributed by atoms with Crippen LogP contribution in [0.5, 0.6) is 11.5 Å².